The van der Waals surface area contributed by atoms with Crippen LogP contribution in [0.4, 0.5) is 15.8 Å². The van der Waals surface area contributed by atoms with Gasteiger partial charge in [-0.1, -0.05) is 50.6 Å². The average Bonchev–Trinajstić information content (AvgIpc) is 2.67. The van der Waals surface area contributed by atoms with Gasteiger partial charge in [0.15, 0.2) is 0 Å². The summed E-state index contributed by atoms with van der Waals surface area (Å²) in [5.74, 6) is -1.11. The van der Waals surface area contributed by atoms with Crippen molar-refractivity contribution >= 4 is 38.9 Å². The van der Waals surface area contributed by atoms with E-state index in [1.807, 2.05) is 32.0 Å². The molecule has 2 aromatic rings. The molecule has 1 atom stereocenters. The van der Waals surface area contributed by atoms with E-state index in [0.717, 1.165) is 40.6 Å². The zero-order chi connectivity index (χ0) is 21.8. The molecule has 0 aliphatic heterocycles. The van der Waals surface area contributed by atoms with E-state index in [4.69, 9.17) is 11.6 Å². The van der Waals surface area contributed by atoms with Crippen LogP contribution in [0, 0.1) is 5.82 Å². The summed E-state index contributed by atoms with van der Waals surface area (Å²) < 4.78 is 39.7. The molecule has 0 radical (unpaired) electrons. The van der Waals surface area contributed by atoms with Crippen LogP contribution in [-0.2, 0) is 27.7 Å². The number of para-hydroxylation sites is 1. The molecule has 29 heavy (non-hydrogen) atoms. The molecule has 8 heteroatoms. The van der Waals surface area contributed by atoms with Crippen molar-refractivity contribution in [1.82, 2.24) is 0 Å². The molecule has 2 aromatic carbocycles. The van der Waals surface area contributed by atoms with E-state index in [0.29, 0.717) is 5.69 Å². The topological polar surface area (TPSA) is 66.5 Å². The molecule has 0 aliphatic carbocycles. The number of halogens is 2. The Labute approximate surface area is 176 Å². The van der Waals surface area contributed by atoms with Gasteiger partial charge in [-0.15, -0.1) is 0 Å². The molecule has 5 nitrogen and oxygen atoms in total. The fourth-order valence-electron chi connectivity index (χ4n) is 3.29. The van der Waals surface area contributed by atoms with Crippen LogP contribution in [0.2, 0.25) is 5.02 Å². The van der Waals surface area contributed by atoms with E-state index >= 15 is 0 Å². The zero-order valence-electron chi connectivity index (χ0n) is 17.0. The number of amides is 1. The first-order valence-corrected chi connectivity index (χ1v) is 11.7. The number of nitrogens with zero attached hydrogens (tertiary/aromatic N) is 1. The lowest BCUT2D eigenvalue weighted by atomic mass is 10.0. The van der Waals surface area contributed by atoms with Crippen molar-refractivity contribution in [3.8, 4) is 0 Å². The van der Waals surface area contributed by atoms with Gasteiger partial charge in [-0.25, -0.2) is 12.8 Å². The first kappa shape index (κ1) is 23.2. The number of nitrogens with one attached hydrogen (secondary N) is 1. The Morgan fingerprint density at radius 3 is 2.17 bits per heavy atom. The number of carbonyl (C=O) groups excluding carboxylic acids is 1. The summed E-state index contributed by atoms with van der Waals surface area (Å²) in [5, 5.41) is 2.72. The summed E-state index contributed by atoms with van der Waals surface area (Å²) in [7, 11) is -3.84. The molecule has 1 amide bonds. The van der Waals surface area contributed by atoms with E-state index in [9.17, 15) is 17.6 Å². The Morgan fingerprint density at radius 1 is 1.14 bits per heavy atom. The smallest absolute Gasteiger partial charge is 0.248 e. The highest BCUT2D eigenvalue weighted by atomic mass is 35.5. The second-order valence-corrected chi connectivity index (χ2v) is 9.00. The van der Waals surface area contributed by atoms with E-state index in [1.54, 1.807) is 6.92 Å². The van der Waals surface area contributed by atoms with Crippen molar-refractivity contribution in [2.75, 3.05) is 15.9 Å². The van der Waals surface area contributed by atoms with Gasteiger partial charge in [-0.3, -0.25) is 9.10 Å². The fourth-order valence-corrected chi connectivity index (χ4v) is 4.67. The largest absolute Gasteiger partial charge is 0.324 e. The highest BCUT2D eigenvalue weighted by Gasteiger charge is 2.32. The summed E-state index contributed by atoms with van der Waals surface area (Å²) in [6.45, 7) is 5.70. The number of rotatable bonds is 8. The standard InChI is InChI=1S/C21H26ClFN2O3S/c1-5-14-9-8-10-15(6-2)20(14)24-21(26)19(7-3)25(29(4,27)28)16-11-12-18(23)17(22)13-16/h8-13,19H,5-7H2,1-4H3,(H,24,26)/t19-/m0/s1. The Morgan fingerprint density at radius 2 is 1.72 bits per heavy atom. The maximum Gasteiger partial charge on any atom is 0.248 e. The van der Waals surface area contributed by atoms with E-state index in [-0.39, 0.29) is 17.1 Å². The van der Waals surface area contributed by atoms with Gasteiger partial charge in [-0.05, 0) is 48.6 Å². The fraction of sp³-hybridized carbons (Fsp3) is 0.381. The molecular weight excluding hydrogens is 415 g/mol. The Kier molecular flexibility index (Phi) is 7.66. The third-order valence-corrected chi connectivity index (χ3v) is 6.20. The summed E-state index contributed by atoms with van der Waals surface area (Å²) >= 11 is 5.85. The monoisotopic (exact) mass is 440 g/mol. The van der Waals surface area contributed by atoms with Gasteiger partial charge in [0, 0.05) is 5.69 Å². The van der Waals surface area contributed by atoms with Gasteiger partial charge in [0.25, 0.3) is 0 Å². The first-order valence-electron chi connectivity index (χ1n) is 9.50. The lowest BCUT2D eigenvalue weighted by molar-refractivity contribution is -0.117. The van der Waals surface area contributed by atoms with Crippen molar-refractivity contribution in [3.63, 3.8) is 0 Å². The van der Waals surface area contributed by atoms with Crippen LogP contribution in [0.3, 0.4) is 0 Å². The molecular formula is C21H26ClFN2O3S. The molecule has 1 N–H and O–H groups in total. The van der Waals surface area contributed by atoms with E-state index in [1.165, 1.54) is 12.1 Å². The summed E-state index contributed by atoms with van der Waals surface area (Å²) in [5.41, 5.74) is 2.80. The summed E-state index contributed by atoms with van der Waals surface area (Å²) in [6, 6.07) is 8.39. The van der Waals surface area contributed by atoms with Gasteiger partial charge in [0.05, 0.1) is 17.0 Å². The highest BCUT2D eigenvalue weighted by molar-refractivity contribution is 7.92. The maximum absolute atomic E-state index is 13.6. The van der Waals surface area contributed by atoms with Crippen LogP contribution in [0.5, 0.6) is 0 Å². The quantitative estimate of drug-likeness (QED) is 0.641. The molecule has 0 fully saturated rings. The summed E-state index contributed by atoms with van der Waals surface area (Å²) in [4.78, 5) is 13.2. The van der Waals surface area contributed by atoms with Crippen LogP contribution in [0.15, 0.2) is 36.4 Å². The van der Waals surface area contributed by atoms with Crippen molar-refractivity contribution < 1.29 is 17.6 Å². The molecule has 0 aromatic heterocycles. The molecule has 2 rings (SSSR count). The minimum atomic E-state index is -3.84. The van der Waals surface area contributed by atoms with Gasteiger partial charge in [0.2, 0.25) is 15.9 Å². The number of benzene rings is 2. The second kappa shape index (κ2) is 9.59. The molecule has 0 heterocycles. The van der Waals surface area contributed by atoms with Gasteiger partial charge in [0.1, 0.15) is 11.9 Å². The SMILES string of the molecule is CCc1cccc(CC)c1NC(=O)[C@H](CC)N(c1ccc(F)c(Cl)c1)S(C)(=O)=O. The van der Waals surface area contributed by atoms with E-state index < -0.39 is 27.8 Å². The minimum Gasteiger partial charge on any atom is -0.324 e. The predicted molar refractivity (Wildman–Crippen MR) is 117 cm³/mol. The maximum atomic E-state index is 13.6. The normalized spacial score (nSPS) is 12.5. The molecule has 0 spiro atoms. The second-order valence-electron chi connectivity index (χ2n) is 6.73. The summed E-state index contributed by atoms with van der Waals surface area (Å²) in [6.07, 6.45) is 2.69. The van der Waals surface area contributed by atoms with Gasteiger partial charge < -0.3 is 5.32 Å². The number of hydrogen-bond donors (Lipinski definition) is 1. The lowest BCUT2D eigenvalue weighted by Gasteiger charge is -2.30. The van der Waals surface area contributed by atoms with Crippen molar-refractivity contribution in [2.24, 2.45) is 0 Å². The van der Waals surface area contributed by atoms with Crippen LogP contribution in [0.1, 0.15) is 38.3 Å². The Hall–Kier alpha value is -2.12. The van der Waals surface area contributed by atoms with Crippen molar-refractivity contribution in [1.29, 1.82) is 0 Å². The molecule has 158 valence electrons. The van der Waals surface area contributed by atoms with Crippen LogP contribution < -0.4 is 9.62 Å². The third kappa shape index (κ3) is 5.28. The molecule has 0 saturated heterocycles. The van der Waals surface area contributed by atoms with Crippen LogP contribution in [-0.4, -0.2) is 26.6 Å². The Bertz CT molecular complexity index is 973. The third-order valence-electron chi connectivity index (χ3n) is 4.73. The lowest BCUT2D eigenvalue weighted by Crippen LogP contribution is -2.47. The average molecular weight is 441 g/mol. The zero-order valence-corrected chi connectivity index (χ0v) is 18.6. The first-order chi connectivity index (χ1) is 13.6. The minimum absolute atomic E-state index is 0.139. The molecule has 0 saturated carbocycles. The number of aryl methyl sites for hydroxylation is 2. The predicted octanol–water partition coefficient (Wildman–Crippen LogP) is 4.79. The van der Waals surface area contributed by atoms with Gasteiger partial charge in [-0.2, -0.15) is 0 Å². The number of sulfonamides is 1. The number of carbonyl (C=O) groups is 1. The van der Waals surface area contributed by atoms with Crippen molar-refractivity contribution in [3.05, 3.63) is 58.4 Å². The van der Waals surface area contributed by atoms with Crippen LogP contribution in [0.25, 0.3) is 0 Å². The molecule has 0 unspecified atom stereocenters. The number of anilines is 2. The van der Waals surface area contributed by atoms with Crippen molar-refractivity contribution in [2.45, 2.75) is 46.1 Å². The van der Waals surface area contributed by atoms with Crippen LogP contribution >= 0.6 is 11.6 Å². The Balaban J connectivity index is 2.48. The molecule has 0 bridgehead atoms. The van der Waals surface area contributed by atoms with Gasteiger partial charge >= 0.3 is 0 Å². The van der Waals surface area contributed by atoms with E-state index in [2.05, 4.69) is 5.32 Å². The molecule has 0 aliphatic rings. The number of hydrogen-bond acceptors (Lipinski definition) is 3. The highest BCUT2D eigenvalue weighted by Crippen LogP contribution is 2.29.